The van der Waals surface area contributed by atoms with Gasteiger partial charge in [0.25, 0.3) is 5.69 Å². The van der Waals surface area contributed by atoms with Crippen LogP contribution in [0.2, 0.25) is 0 Å². The summed E-state index contributed by atoms with van der Waals surface area (Å²) in [5.74, 6) is 0.738. The van der Waals surface area contributed by atoms with E-state index in [-0.39, 0.29) is 17.3 Å². The highest BCUT2D eigenvalue weighted by Crippen LogP contribution is 2.28. The van der Waals surface area contributed by atoms with Crippen LogP contribution in [0.4, 0.5) is 5.69 Å². The molecule has 1 aliphatic heterocycles. The molecule has 0 aliphatic carbocycles. The first-order valence-electron chi connectivity index (χ1n) is 10.5. The van der Waals surface area contributed by atoms with E-state index in [1.807, 2.05) is 34.9 Å². The quantitative estimate of drug-likeness (QED) is 0.302. The van der Waals surface area contributed by atoms with Gasteiger partial charge in [0.15, 0.2) is 11.0 Å². The Hall–Kier alpha value is -3.24. The maximum Gasteiger partial charge on any atom is 0.269 e. The molecule has 1 fully saturated rings. The number of carbonyl (C=O) groups is 1. The van der Waals surface area contributed by atoms with Crippen LogP contribution in [0.3, 0.4) is 0 Å². The molecule has 10 heteroatoms. The molecule has 0 spiro atoms. The minimum Gasteiger partial charge on any atom is -0.354 e. The molecule has 1 aliphatic rings. The molecule has 0 radical (unpaired) electrons. The van der Waals surface area contributed by atoms with Crippen LogP contribution in [0, 0.1) is 10.1 Å². The number of non-ortho nitro benzene ring substituents is 1. The van der Waals surface area contributed by atoms with Crippen LogP contribution < -0.4 is 5.32 Å². The van der Waals surface area contributed by atoms with Crippen LogP contribution in [0.1, 0.15) is 12.8 Å². The van der Waals surface area contributed by atoms with Crippen molar-refractivity contribution >= 4 is 23.4 Å². The van der Waals surface area contributed by atoms with Crippen LogP contribution in [0.15, 0.2) is 59.8 Å². The van der Waals surface area contributed by atoms with Gasteiger partial charge in [0.2, 0.25) is 5.91 Å². The number of benzene rings is 2. The van der Waals surface area contributed by atoms with Crippen LogP contribution in [-0.2, 0) is 4.79 Å². The highest BCUT2D eigenvalue weighted by molar-refractivity contribution is 7.99. The van der Waals surface area contributed by atoms with Gasteiger partial charge in [0.1, 0.15) is 0 Å². The molecular formula is C22H24N6O3S. The number of thioether (sulfide) groups is 1. The van der Waals surface area contributed by atoms with Crippen molar-refractivity contribution < 1.29 is 9.72 Å². The fourth-order valence-electron chi connectivity index (χ4n) is 3.63. The number of nitro benzene ring substituents is 1. The Labute approximate surface area is 190 Å². The number of nitrogens with zero attached hydrogens (tertiary/aromatic N) is 5. The molecule has 0 unspecified atom stereocenters. The second-order valence-electron chi connectivity index (χ2n) is 7.47. The third kappa shape index (κ3) is 5.32. The summed E-state index contributed by atoms with van der Waals surface area (Å²) in [7, 11) is 0. The summed E-state index contributed by atoms with van der Waals surface area (Å²) in [4.78, 5) is 25.2. The summed E-state index contributed by atoms with van der Waals surface area (Å²) < 4.78 is 1.86. The van der Waals surface area contributed by atoms with Gasteiger partial charge in [-0.15, -0.1) is 10.2 Å². The lowest BCUT2D eigenvalue weighted by Gasteiger charge is -2.14. The molecule has 1 aromatic heterocycles. The van der Waals surface area contributed by atoms with Gasteiger partial charge in [-0.1, -0.05) is 30.0 Å². The lowest BCUT2D eigenvalue weighted by Crippen LogP contribution is -2.34. The van der Waals surface area contributed by atoms with Gasteiger partial charge in [-0.3, -0.25) is 19.5 Å². The number of likely N-dealkylation sites (tertiary alicyclic amines) is 1. The van der Waals surface area contributed by atoms with E-state index in [1.165, 1.54) is 36.7 Å². The summed E-state index contributed by atoms with van der Waals surface area (Å²) in [6, 6.07) is 15.8. The van der Waals surface area contributed by atoms with E-state index >= 15 is 0 Å². The van der Waals surface area contributed by atoms with E-state index in [0.717, 1.165) is 25.3 Å². The van der Waals surface area contributed by atoms with E-state index in [1.54, 1.807) is 12.1 Å². The highest BCUT2D eigenvalue weighted by atomic mass is 32.2. The summed E-state index contributed by atoms with van der Waals surface area (Å²) in [5.41, 5.74) is 1.57. The fraction of sp³-hybridized carbons (Fsp3) is 0.318. The zero-order valence-corrected chi connectivity index (χ0v) is 18.3. The second-order valence-corrected chi connectivity index (χ2v) is 8.41. The minimum atomic E-state index is -0.435. The van der Waals surface area contributed by atoms with Gasteiger partial charge in [0, 0.05) is 36.5 Å². The van der Waals surface area contributed by atoms with E-state index in [0.29, 0.717) is 23.1 Å². The standard InChI is InChI=1S/C22H24N6O3S/c29-20(23-12-15-26-13-4-5-14-26)16-32-22-25-24-21(27(22)18-6-2-1-3-7-18)17-8-10-19(11-9-17)28(30)31/h1-3,6-11H,4-5,12-16H2,(H,23,29). The van der Waals surface area contributed by atoms with Gasteiger partial charge in [-0.25, -0.2) is 0 Å². The first kappa shape index (κ1) is 22.0. The summed E-state index contributed by atoms with van der Waals surface area (Å²) >= 11 is 1.31. The Balaban J connectivity index is 1.48. The average Bonchev–Trinajstić information content (AvgIpc) is 3.48. The number of nitro groups is 1. The predicted octanol–water partition coefficient (Wildman–Crippen LogP) is 3.15. The topological polar surface area (TPSA) is 106 Å². The highest BCUT2D eigenvalue weighted by Gasteiger charge is 2.18. The molecule has 0 bridgehead atoms. The number of carbonyl (C=O) groups excluding carboxylic acids is 1. The number of aromatic nitrogens is 3. The largest absolute Gasteiger partial charge is 0.354 e. The molecule has 9 nitrogen and oxygen atoms in total. The maximum absolute atomic E-state index is 12.3. The van der Waals surface area contributed by atoms with Crippen LogP contribution >= 0.6 is 11.8 Å². The van der Waals surface area contributed by atoms with Crippen molar-refractivity contribution in [3.63, 3.8) is 0 Å². The van der Waals surface area contributed by atoms with Gasteiger partial charge in [0.05, 0.1) is 10.7 Å². The summed E-state index contributed by atoms with van der Waals surface area (Å²) in [6.45, 7) is 3.73. The Morgan fingerprint density at radius 2 is 1.78 bits per heavy atom. The van der Waals surface area contributed by atoms with Gasteiger partial charge in [-0.05, 0) is 50.2 Å². The molecule has 3 aromatic rings. The zero-order chi connectivity index (χ0) is 22.3. The Bertz CT molecular complexity index is 1070. The van der Waals surface area contributed by atoms with Crippen molar-refractivity contribution in [2.75, 3.05) is 31.9 Å². The van der Waals surface area contributed by atoms with E-state index in [2.05, 4.69) is 20.4 Å². The van der Waals surface area contributed by atoms with E-state index in [4.69, 9.17) is 0 Å². The number of hydrogen-bond donors (Lipinski definition) is 1. The maximum atomic E-state index is 12.3. The molecule has 2 aromatic carbocycles. The summed E-state index contributed by atoms with van der Waals surface area (Å²) in [6.07, 6.45) is 2.46. The second kappa shape index (κ2) is 10.4. The lowest BCUT2D eigenvalue weighted by atomic mass is 10.2. The molecular weight excluding hydrogens is 428 g/mol. The van der Waals surface area contributed by atoms with Crippen LogP contribution in [-0.4, -0.2) is 62.4 Å². The van der Waals surface area contributed by atoms with E-state index in [9.17, 15) is 14.9 Å². The minimum absolute atomic E-state index is 0.0136. The molecule has 0 saturated carbocycles. The number of nitrogens with one attached hydrogen (secondary N) is 1. The molecule has 4 rings (SSSR count). The monoisotopic (exact) mass is 452 g/mol. The number of amides is 1. The predicted molar refractivity (Wildman–Crippen MR) is 123 cm³/mol. The molecule has 32 heavy (non-hydrogen) atoms. The van der Waals surface area contributed by atoms with Gasteiger partial charge in [-0.2, -0.15) is 0 Å². The SMILES string of the molecule is O=C(CSc1nnc(-c2ccc([N+](=O)[O-])cc2)n1-c1ccccc1)NCCN1CCCC1. The molecule has 0 atom stereocenters. The molecule has 1 saturated heterocycles. The summed E-state index contributed by atoms with van der Waals surface area (Å²) in [5, 5.41) is 23.1. The van der Waals surface area contributed by atoms with Crippen molar-refractivity contribution in [1.29, 1.82) is 0 Å². The van der Waals surface area contributed by atoms with Crippen molar-refractivity contribution in [3.05, 3.63) is 64.7 Å². The van der Waals surface area contributed by atoms with Crippen molar-refractivity contribution in [1.82, 2.24) is 25.0 Å². The normalized spacial score (nSPS) is 13.9. The molecule has 166 valence electrons. The molecule has 1 N–H and O–H groups in total. The Morgan fingerprint density at radius 3 is 2.47 bits per heavy atom. The average molecular weight is 453 g/mol. The fourth-order valence-corrected chi connectivity index (χ4v) is 4.42. The Morgan fingerprint density at radius 1 is 1.06 bits per heavy atom. The van der Waals surface area contributed by atoms with Gasteiger partial charge >= 0.3 is 0 Å². The third-order valence-electron chi connectivity index (χ3n) is 5.27. The zero-order valence-electron chi connectivity index (χ0n) is 17.5. The number of rotatable bonds is 9. The van der Waals surface area contributed by atoms with Crippen molar-refractivity contribution in [2.24, 2.45) is 0 Å². The smallest absolute Gasteiger partial charge is 0.269 e. The molecule has 1 amide bonds. The number of hydrogen-bond acceptors (Lipinski definition) is 7. The van der Waals surface area contributed by atoms with Crippen LogP contribution in [0.25, 0.3) is 17.1 Å². The Kier molecular flexibility index (Phi) is 7.13. The van der Waals surface area contributed by atoms with E-state index < -0.39 is 4.92 Å². The lowest BCUT2D eigenvalue weighted by molar-refractivity contribution is -0.384. The first-order chi connectivity index (χ1) is 15.6. The van der Waals surface area contributed by atoms with Crippen molar-refractivity contribution in [2.45, 2.75) is 18.0 Å². The van der Waals surface area contributed by atoms with Crippen molar-refractivity contribution in [3.8, 4) is 17.1 Å². The number of para-hydroxylation sites is 1. The van der Waals surface area contributed by atoms with Gasteiger partial charge < -0.3 is 10.2 Å². The van der Waals surface area contributed by atoms with Crippen LogP contribution in [0.5, 0.6) is 0 Å². The third-order valence-corrected chi connectivity index (χ3v) is 6.19. The first-order valence-corrected chi connectivity index (χ1v) is 11.5. The molecule has 2 heterocycles.